The lowest BCUT2D eigenvalue weighted by Crippen LogP contribution is -2.45. The van der Waals surface area contributed by atoms with E-state index in [2.05, 4.69) is 19.1 Å². The highest BCUT2D eigenvalue weighted by Gasteiger charge is 2.34. The Balaban J connectivity index is 1.79. The number of carbonyl (C=O) groups excluding carboxylic acids is 2. The number of carbonyl (C=O) groups is 2. The van der Waals surface area contributed by atoms with Crippen molar-refractivity contribution >= 4 is 11.8 Å². The number of rotatable bonds is 3. The number of benzene rings is 1. The molecule has 25 heavy (non-hydrogen) atoms. The zero-order chi connectivity index (χ0) is 18.0. The summed E-state index contributed by atoms with van der Waals surface area (Å²) in [4.78, 5) is 29.0. The minimum Gasteiger partial charge on any atom is -0.342 e. The molecule has 0 N–H and O–H groups in total. The van der Waals surface area contributed by atoms with E-state index in [1.165, 1.54) is 24.8 Å². The van der Waals surface area contributed by atoms with Crippen molar-refractivity contribution in [2.45, 2.75) is 64.5 Å². The zero-order valence-corrected chi connectivity index (χ0v) is 15.7. The molecule has 0 saturated heterocycles. The minimum absolute atomic E-state index is 0.0565. The second-order valence-corrected chi connectivity index (χ2v) is 7.71. The first-order valence-corrected chi connectivity index (χ1v) is 9.59. The van der Waals surface area contributed by atoms with Gasteiger partial charge in [0.2, 0.25) is 11.8 Å². The molecule has 1 aliphatic carbocycles. The smallest absolute Gasteiger partial charge is 0.224 e. The van der Waals surface area contributed by atoms with E-state index < -0.39 is 0 Å². The van der Waals surface area contributed by atoms with Crippen LogP contribution >= 0.6 is 0 Å². The molecule has 1 aromatic rings. The van der Waals surface area contributed by atoms with Crippen LogP contribution < -0.4 is 0 Å². The van der Waals surface area contributed by atoms with Crippen molar-refractivity contribution in [3.05, 3.63) is 35.4 Å². The van der Waals surface area contributed by atoms with E-state index >= 15 is 0 Å². The fourth-order valence-corrected chi connectivity index (χ4v) is 4.62. The van der Waals surface area contributed by atoms with Gasteiger partial charge in [-0.15, -0.1) is 0 Å². The Kier molecular flexibility index (Phi) is 5.45. The third-order valence-corrected chi connectivity index (χ3v) is 6.14. The standard InChI is InChI=1S/C21H30N2O2/c1-15-8-4-7-11-19(15)22(3)21(25)14-20-18-10-6-5-9-17(18)12-13-23(20)16(2)24/h5-6,9-10,15,19-20H,4,7-8,11-14H2,1-3H3. The molecule has 4 nitrogen and oxygen atoms in total. The molecule has 1 saturated carbocycles. The molecule has 3 atom stereocenters. The number of hydrogen-bond acceptors (Lipinski definition) is 2. The van der Waals surface area contributed by atoms with E-state index in [4.69, 9.17) is 0 Å². The van der Waals surface area contributed by atoms with E-state index in [1.807, 2.05) is 29.0 Å². The van der Waals surface area contributed by atoms with Crippen LogP contribution in [0.5, 0.6) is 0 Å². The Morgan fingerprint density at radius 3 is 2.64 bits per heavy atom. The normalized spacial score (nSPS) is 26.0. The largest absolute Gasteiger partial charge is 0.342 e. The molecule has 0 bridgehead atoms. The summed E-state index contributed by atoms with van der Waals surface area (Å²) in [6.07, 6.45) is 6.04. The molecule has 2 amide bonds. The maximum Gasteiger partial charge on any atom is 0.224 e. The van der Waals surface area contributed by atoms with Gasteiger partial charge in [-0.2, -0.15) is 0 Å². The van der Waals surface area contributed by atoms with Crippen LogP contribution in [0.25, 0.3) is 0 Å². The predicted molar refractivity (Wildman–Crippen MR) is 99.1 cm³/mol. The van der Waals surface area contributed by atoms with Gasteiger partial charge in [-0.25, -0.2) is 0 Å². The van der Waals surface area contributed by atoms with Crippen molar-refractivity contribution in [1.29, 1.82) is 0 Å². The first-order valence-electron chi connectivity index (χ1n) is 9.59. The average molecular weight is 342 g/mol. The SMILES string of the molecule is CC(=O)N1CCc2ccccc2C1CC(=O)N(C)C1CCCCC1C. The van der Waals surface area contributed by atoms with Gasteiger partial charge in [-0.3, -0.25) is 9.59 Å². The molecule has 0 radical (unpaired) electrons. The molecule has 136 valence electrons. The van der Waals surface area contributed by atoms with Crippen LogP contribution in [0.1, 0.15) is 63.1 Å². The number of nitrogens with zero attached hydrogens (tertiary/aromatic N) is 2. The molecule has 1 fully saturated rings. The lowest BCUT2D eigenvalue weighted by atomic mass is 9.84. The van der Waals surface area contributed by atoms with Crippen LogP contribution in [0.15, 0.2) is 24.3 Å². The average Bonchev–Trinajstić information content (AvgIpc) is 2.61. The van der Waals surface area contributed by atoms with Crippen molar-refractivity contribution in [2.24, 2.45) is 5.92 Å². The summed E-state index contributed by atoms with van der Waals surface area (Å²) >= 11 is 0. The fraction of sp³-hybridized carbons (Fsp3) is 0.619. The van der Waals surface area contributed by atoms with E-state index in [1.54, 1.807) is 6.92 Å². The fourth-order valence-electron chi connectivity index (χ4n) is 4.62. The number of hydrogen-bond donors (Lipinski definition) is 0. The highest BCUT2D eigenvalue weighted by molar-refractivity contribution is 5.80. The summed E-state index contributed by atoms with van der Waals surface area (Å²) in [5.74, 6) is 0.776. The quantitative estimate of drug-likeness (QED) is 0.843. The monoisotopic (exact) mass is 342 g/mol. The van der Waals surface area contributed by atoms with Crippen molar-refractivity contribution in [2.75, 3.05) is 13.6 Å². The first kappa shape index (κ1) is 18.0. The second-order valence-electron chi connectivity index (χ2n) is 7.71. The summed E-state index contributed by atoms with van der Waals surface area (Å²) < 4.78 is 0. The molecule has 1 aromatic carbocycles. The van der Waals surface area contributed by atoms with Gasteiger partial charge in [0.15, 0.2) is 0 Å². The van der Waals surface area contributed by atoms with Crippen LogP contribution in [0.2, 0.25) is 0 Å². The van der Waals surface area contributed by atoms with Gasteiger partial charge in [0.1, 0.15) is 0 Å². The van der Waals surface area contributed by atoms with Gasteiger partial charge >= 0.3 is 0 Å². The zero-order valence-electron chi connectivity index (χ0n) is 15.7. The second kappa shape index (κ2) is 7.59. The minimum atomic E-state index is -0.128. The van der Waals surface area contributed by atoms with Gasteiger partial charge in [0.25, 0.3) is 0 Å². The van der Waals surface area contributed by atoms with E-state index in [9.17, 15) is 9.59 Å². The third kappa shape index (κ3) is 3.73. The third-order valence-electron chi connectivity index (χ3n) is 6.14. The Morgan fingerprint density at radius 1 is 1.20 bits per heavy atom. The summed E-state index contributed by atoms with van der Waals surface area (Å²) in [7, 11) is 1.95. The number of fused-ring (bicyclic) bond motifs is 1. The van der Waals surface area contributed by atoms with Gasteiger partial charge < -0.3 is 9.80 Å². The summed E-state index contributed by atoms with van der Waals surface area (Å²) in [5.41, 5.74) is 2.41. The Bertz CT molecular complexity index is 643. The Labute approximate surface area is 151 Å². The molecule has 1 heterocycles. The maximum atomic E-state index is 13.0. The molecular formula is C21H30N2O2. The maximum absolute atomic E-state index is 13.0. The molecule has 4 heteroatoms. The highest BCUT2D eigenvalue weighted by atomic mass is 16.2. The molecule has 3 unspecified atom stereocenters. The summed E-state index contributed by atoms with van der Waals surface area (Å²) in [5, 5.41) is 0. The lowest BCUT2D eigenvalue weighted by Gasteiger charge is -2.40. The Morgan fingerprint density at radius 2 is 1.92 bits per heavy atom. The van der Waals surface area contributed by atoms with Crippen molar-refractivity contribution in [3.63, 3.8) is 0 Å². The number of amides is 2. The molecule has 0 aromatic heterocycles. The van der Waals surface area contributed by atoms with Crippen LogP contribution in [0, 0.1) is 5.92 Å². The molecule has 0 spiro atoms. The van der Waals surface area contributed by atoms with Crippen LogP contribution in [0.3, 0.4) is 0 Å². The van der Waals surface area contributed by atoms with E-state index in [-0.39, 0.29) is 17.9 Å². The lowest BCUT2D eigenvalue weighted by molar-refractivity contribution is -0.138. The summed E-state index contributed by atoms with van der Waals surface area (Å²) in [6, 6.07) is 8.45. The van der Waals surface area contributed by atoms with Gasteiger partial charge in [0.05, 0.1) is 12.5 Å². The van der Waals surface area contributed by atoms with Gasteiger partial charge in [-0.05, 0) is 36.3 Å². The highest BCUT2D eigenvalue weighted by Crippen LogP contribution is 2.34. The topological polar surface area (TPSA) is 40.6 Å². The van der Waals surface area contributed by atoms with E-state index in [0.717, 1.165) is 18.4 Å². The predicted octanol–water partition coefficient (Wildman–Crippen LogP) is 3.56. The van der Waals surface area contributed by atoms with Crippen molar-refractivity contribution < 1.29 is 9.59 Å². The van der Waals surface area contributed by atoms with Crippen molar-refractivity contribution in [1.82, 2.24) is 9.80 Å². The van der Waals surface area contributed by atoms with Gasteiger partial charge in [-0.1, -0.05) is 44.0 Å². The van der Waals surface area contributed by atoms with Crippen molar-refractivity contribution in [3.8, 4) is 0 Å². The molecular weight excluding hydrogens is 312 g/mol. The Hall–Kier alpha value is -1.84. The van der Waals surface area contributed by atoms with Crippen LogP contribution in [-0.2, 0) is 16.0 Å². The van der Waals surface area contributed by atoms with Crippen LogP contribution in [-0.4, -0.2) is 41.2 Å². The molecule has 2 aliphatic rings. The molecule has 1 aliphatic heterocycles. The first-order chi connectivity index (χ1) is 12.0. The summed E-state index contributed by atoms with van der Waals surface area (Å²) in [6.45, 7) is 4.57. The van der Waals surface area contributed by atoms with E-state index in [0.29, 0.717) is 24.9 Å². The van der Waals surface area contributed by atoms with Crippen LogP contribution in [0.4, 0.5) is 0 Å². The molecule has 3 rings (SSSR count). The van der Waals surface area contributed by atoms with Gasteiger partial charge in [0, 0.05) is 26.6 Å².